The van der Waals surface area contributed by atoms with Gasteiger partial charge in [-0.2, -0.15) is 0 Å². The molecule has 1 amide bonds. The van der Waals surface area contributed by atoms with E-state index in [4.69, 9.17) is 5.73 Å². The molecule has 2 aromatic heterocycles. The standard InChI is InChI=1S/C13H14N4O/c1-9-3-2-6-15-12(9)17-13(18)11-5-4-10(7-14)8-16-11/h2-6,8H,7,14H2,1H3,(H,15,17,18). The van der Waals surface area contributed by atoms with Crippen LogP contribution in [-0.4, -0.2) is 15.9 Å². The molecule has 0 aliphatic heterocycles. The van der Waals surface area contributed by atoms with Gasteiger partial charge in [0.15, 0.2) is 0 Å². The topological polar surface area (TPSA) is 80.9 Å². The number of amides is 1. The molecule has 3 N–H and O–H groups in total. The first-order valence-electron chi connectivity index (χ1n) is 5.58. The summed E-state index contributed by atoms with van der Waals surface area (Å²) in [6.45, 7) is 2.29. The Balaban J connectivity index is 2.14. The largest absolute Gasteiger partial charge is 0.326 e. The monoisotopic (exact) mass is 242 g/mol. The van der Waals surface area contributed by atoms with Crippen LogP contribution in [0.5, 0.6) is 0 Å². The third-order valence-corrected chi connectivity index (χ3v) is 2.53. The molecule has 0 spiro atoms. The fraction of sp³-hybridized carbons (Fsp3) is 0.154. The normalized spacial score (nSPS) is 10.1. The lowest BCUT2D eigenvalue weighted by atomic mass is 10.2. The SMILES string of the molecule is Cc1cccnc1NC(=O)c1ccc(CN)cn1. The number of nitrogens with one attached hydrogen (secondary N) is 1. The maximum Gasteiger partial charge on any atom is 0.275 e. The van der Waals surface area contributed by atoms with Crippen molar-refractivity contribution in [2.24, 2.45) is 5.73 Å². The van der Waals surface area contributed by atoms with Gasteiger partial charge in [0, 0.05) is 18.9 Å². The summed E-state index contributed by atoms with van der Waals surface area (Å²) in [5, 5.41) is 2.72. The average molecular weight is 242 g/mol. The van der Waals surface area contributed by atoms with Crippen LogP contribution in [-0.2, 0) is 6.54 Å². The number of carbonyl (C=O) groups is 1. The van der Waals surface area contributed by atoms with Gasteiger partial charge >= 0.3 is 0 Å². The second-order valence-corrected chi connectivity index (χ2v) is 3.88. The van der Waals surface area contributed by atoms with Crippen LogP contribution in [0, 0.1) is 6.92 Å². The number of pyridine rings is 2. The highest BCUT2D eigenvalue weighted by Gasteiger charge is 2.09. The molecule has 0 saturated carbocycles. The van der Waals surface area contributed by atoms with Gasteiger partial charge in [-0.3, -0.25) is 9.78 Å². The molecule has 0 fully saturated rings. The average Bonchev–Trinajstić information content (AvgIpc) is 2.41. The maximum absolute atomic E-state index is 11.9. The quantitative estimate of drug-likeness (QED) is 0.854. The van der Waals surface area contributed by atoms with Crippen LogP contribution in [0.3, 0.4) is 0 Å². The zero-order valence-corrected chi connectivity index (χ0v) is 10.1. The zero-order chi connectivity index (χ0) is 13.0. The van der Waals surface area contributed by atoms with E-state index in [1.165, 1.54) is 0 Å². The summed E-state index contributed by atoms with van der Waals surface area (Å²) in [4.78, 5) is 20.1. The van der Waals surface area contributed by atoms with Crippen LogP contribution >= 0.6 is 0 Å². The van der Waals surface area contributed by atoms with Gasteiger partial charge in [-0.15, -0.1) is 0 Å². The van der Waals surface area contributed by atoms with Crippen molar-refractivity contribution in [2.45, 2.75) is 13.5 Å². The van der Waals surface area contributed by atoms with Crippen LogP contribution in [0.15, 0.2) is 36.7 Å². The molecule has 18 heavy (non-hydrogen) atoms. The summed E-state index contributed by atoms with van der Waals surface area (Å²) >= 11 is 0. The lowest BCUT2D eigenvalue weighted by Crippen LogP contribution is -2.15. The van der Waals surface area contributed by atoms with Gasteiger partial charge in [-0.25, -0.2) is 4.98 Å². The molecule has 0 aromatic carbocycles. The van der Waals surface area contributed by atoms with E-state index in [1.54, 1.807) is 24.5 Å². The van der Waals surface area contributed by atoms with Crippen molar-refractivity contribution in [2.75, 3.05) is 5.32 Å². The maximum atomic E-state index is 11.9. The molecule has 0 saturated heterocycles. The van der Waals surface area contributed by atoms with E-state index < -0.39 is 0 Å². The first-order valence-corrected chi connectivity index (χ1v) is 5.58. The highest BCUT2D eigenvalue weighted by atomic mass is 16.1. The summed E-state index contributed by atoms with van der Waals surface area (Å²) in [5.74, 6) is 0.271. The summed E-state index contributed by atoms with van der Waals surface area (Å²) < 4.78 is 0. The molecular weight excluding hydrogens is 228 g/mol. The molecule has 2 rings (SSSR count). The third-order valence-electron chi connectivity index (χ3n) is 2.53. The predicted molar refractivity (Wildman–Crippen MR) is 69.1 cm³/mol. The highest BCUT2D eigenvalue weighted by molar-refractivity contribution is 6.02. The Hall–Kier alpha value is -2.27. The Bertz CT molecular complexity index is 551. The van der Waals surface area contributed by atoms with Crippen molar-refractivity contribution >= 4 is 11.7 Å². The van der Waals surface area contributed by atoms with E-state index in [0.717, 1.165) is 11.1 Å². The summed E-state index contributed by atoms with van der Waals surface area (Å²) in [6.07, 6.45) is 3.23. The fourth-order valence-corrected chi connectivity index (χ4v) is 1.47. The second-order valence-electron chi connectivity index (χ2n) is 3.88. The number of aryl methyl sites for hydroxylation is 1. The minimum Gasteiger partial charge on any atom is -0.326 e. The van der Waals surface area contributed by atoms with Crippen LogP contribution in [0.4, 0.5) is 5.82 Å². The number of rotatable bonds is 3. The van der Waals surface area contributed by atoms with E-state index in [9.17, 15) is 4.79 Å². The Morgan fingerprint density at radius 1 is 1.33 bits per heavy atom. The Labute approximate surface area is 105 Å². The molecule has 0 aliphatic rings. The van der Waals surface area contributed by atoms with E-state index in [2.05, 4.69) is 15.3 Å². The first-order chi connectivity index (χ1) is 8.70. The lowest BCUT2D eigenvalue weighted by Gasteiger charge is -2.06. The Kier molecular flexibility index (Phi) is 3.64. The second kappa shape index (κ2) is 5.37. The number of hydrogen-bond donors (Lipinski definition) is 2. The van der Waals surface area contributed by atoms with Crippen molar-refractivity contribution in [1.82, 2.24) is 9.97 Å². The van der Waals surface area contributed by atoms with Gasteiger partial charge in [0.05, 0.1) is 0 Å². The van der Waals surface area contributed by atoms with Gasteiger partial charge in [-0.05, 0) is 30.2 Å². The van der Waals surface area contributed by atoms with Gasteiger partial charge < -0.3 is 11.1 Å². The number of aromatic nitrogens is 2. The number of nitrogens with zero attached hydrogens (tertiary/aromatic N) is 2. The number of hydrogen-bond acceptors (Lipinski definition) is 4. The van der Waals surface area contributed by atoms with Crippen molar-refractivity contribution in [1.29, 1.82) is 0 Å². The Morgan fingerprint density at radius 3 is 2.78 bits per heavy atom. The molecule has 0 aliphatic carbocycles. The van der Waals surface area contributed by atoms with Gasteiger partial charge in [-0.1, -0.05) is 12.1 Å². The van der Waals surface area contributed by atoms with E-state index >= 15 is 0 Å². The van der Waals surface area contributed by atoms with Gasteiger partial charge in [0.2, 0.25) is 0 Å². The van der Waals surface area contributed by atoms with Crippen molar-refractivity contribution in [3.63, 3.8) is 0 Å². The number of anilines is 1. The molecule has 5 nitrogen and oxygen atoms in total. The van der Waals surface area contributed by atoms with E-state index in [1.807, 2.05) is 19.1 Å². The van der Waals surface area contributed by atoms with Gasteiger partial charge in [0.25, 0.3) is 5.91 Å². The molecular formula is C13H14N4O. The zero-order valence-electron chi connectivity index (χ0n) is 10.1. The smallest absolute Gasteiger partial charge is 0.275 e. The molecule has 0 atom stereocenters. The molecule has 0 radical (unpaired) electrons. The Morgan fingerprint density at radius 2 is 2.17 bits per heavy atom. The fourth-order valence-electron chi connectivity index (χ4n) is 1.47. The molecule has 2 heterocycles. The third kappa shape index (κ3) is 2.70. The summed E-state index contributed by atoms with van der Waals surface area (Å²) in [6, 6.07) is 7.13. The first kappa shape index (κ1) is 12.2. The summed E-state index contributed by atoms with van der Waals surface area (Å²) in [5.41, 5.74) is 7.61. The van der Waals surface area contributed by atoms with Crippen LogP contribution in [0.2, 0.25) is 0 Å². The van der Waals surface area contributed by atoms with Crippen LogP contribution in [0.25, 0.3) is 0 Å². The predicted octanol–water partition coefficient (Wildman–Crippen LogP) is 1.50. The van der Waals surface area contributed by atoms with Crippen LogP contribution < -0.4 is 11.1 Å². The highest BCUT2D eigenvalue weighted by Crippen LogP contribution is 2.10. The van der Waals surface area contributed by atoms with Crippen LogP contribution in [0.1, 0.15) is 21.6 Å². The minimum atomic E-state index is -0.277. The van der Waals surface area contributed by atoms with Gasteiger partial charge in [0.1, 0.15) is 11.5 Å². The molecule has 5 heteroatoms. The molecule has 0 bridgehead atoms. The minimum absolute atomic E-state index is 0.277. The number of nitrogens with two attached hydrogens (primary N) is 1. The number of carbonyl (C=O) groups excluding carboxylic acids is 1. The van der Waals surface area contributed by atoms with Crippen molar-refractivity contribution < 1.29 is 4.79 Å². The lowest BCUT2D eigenvalue weighted by molar-refractivity contribution is 0.102. The van der Waals surface area contributed by atoms with E-state index in [-0.39, 0.29) is 5.91 Å². The van der Waals surface area contributed by atoms with Crippen molar-refractivity contribution in [3.8, 4) is 0 Å². The van der Waals surface area contributed by atoms with E-state index in [0.29, 0.717) is 18.1 Å². The molecule has 92 valence electrons. The van der Waals surface area contributed by atoms with Crippen molar-refractivity contribution in [3.05, 3.63) is 53.5 Å². The molecule has 2 aromatic rings. The summed E-state index contributed by atoms with van der Waals surface area (Å²) in [7, 11) is 0. The molecule has 0 unspecified atom stereocenters.